The van der Waals surface area contributed by atoms with Crippen LogP contribution in [0.25, 0.3) is 10.8 Å². The minimum atomic E-state index is -1.78. The van der Waals surface area contributed by atoms with Crippen LogP contribution in [0.1, 0.15) is 26.3 Å². The Morgan fingerprint density at radius 2 is 1.50 bits per heavy atom. The molecule has 0 unspecified atom stereocenters. The van der Waals surface area contributed by atoms with Gasteiger partial charge in [0.25, 0.3) is 0 Å². The average molecular weight is 544 g/mol. The fourth-order valence-corrected chi connectivity index (χ4v) is 2.13. The molecule has 0 saturated heterocycles. The quantitative estimate of drug-likeness (QED) is 0.204. The third kappa shape index (κ3) is 7.82. The molecule has 0 aromatic heterocycles. The Morgan fingerprint density at radius 1 is 0.958 bits per heavy atom. The molecule has 0 aliphatic carbocycles. The molecule has 0 aliphatic heterocycles. The molecular weight excluding hydrogens is 518 g/mol. The van der Waals surface area contributed by atoms with Gasteiger partial charge in [-0.1, -0.05) is 32.3 Å². The van der Waals surface area contributed by atoms with Crippen LogP contribution in [0.2, 0.25) is 13.1 Å². The maximum atomic E-state index is 5.64. The normalized spacial score (nSPS) is 10.3. The molecule has 4 heteroatoms. The van der Waals surface area contributed by atoms with Gasteiger partial charge >= 0.3 is 53.4 Å². The van der Waals surface area contributed by atoms with Crippen molar-refractivity contribution in [2.24, 2.45) is 0 Å². The Balaban J connectivity index is 0.000000218. The molecule has 3 aromatic carbocycles. The Labute approximate surface area is 161 Å². The van der Waals surface area contributed by atoms with Crippen LogP contribution >= 0.6 is 17.2 Å². The molecule has 0 nitrogen and oxygen atoms in total. The maximum Gasteiger partial charge on any atom is -0.172 e. The molecular formula is C20H26Cl2HfSi-2. The number of hydrogen-bond acceptors (Lipinski definition) is 0. The van der Waals surface area contributed by atoms with E-state index in [1.54, 1.807) is 0 Å². The van der Waals surface area contributed by atoms with Crippen LogP contribution in [-0.2, 0) is 23.1 Å². The van der Waals surface area contributed by atoms with E-state index in [0.29, 0.717) is 0 Å². The molecule has 0 atom stereocenters. The van der Waals surface area contributed by atoms with Crippen LogP contribution in [-0.4, -0.2) is 5.49 Å². The van der Waals surface area contributed by atoms with Gasteiger partial charge in [0.2, 0.25) is 0 Å². The summed E-state index contributed by atoms with van der Waals surface area (Å²) in [5.41, 5.74) is 1.49. The van der Waals surface area contributed by atoms with Crippen molar-refractivity contribution in [3.63, 3.8) is 0 Å². The number of halogens is 2. The molecule has 3 rings (SSSR count). The Morgan fingerprint density at radius 3 is 1.92 bits per heavy atom. The predicted octanol–water partition coefficient (Wildman–Crippen LogP) is 7.43. The van der Waals surface area contributed by atoms with Gasteiger partial charge in [0, 0.05) is 0 Å². The summed E-state index contributed by atoms with van der Waals surface area (Å²) in [5, 5.41) is 2.75. The summed E-state index contributed by atoms with van der Waals surface area (Å²) in [6, 6.07) is 23.0. The first kappa shape index (κ1) is 21.9. The van der Waals surface area contributed by atoms with E-state index in [0.717, 1.165) is 0 Å². The summed E-state index contributed by atoms with van der Waals surface area (Å²) in [7, 11) is 11.3. The summed E-state index contributed by atoms with van der Waals surface area (Å²) in [5.74, 6) is 0. The molecule has 0 fully saturated rings. The van der Waals surface area contributed by atoms with E-state index in [1.807, 2.05) is 30.3 Å². The van der Waals surface area contributed by atoms with Crippen LogP contribution in [0.15, 0.2) is 66.7 Å². The molecule has 3 aromatic rings. The number of benzene rings is 1. The monoisotopic (exact) mass is 544 g/mol. The van der Waals surface area contributed by atoms with Crippen molar-refractivity contribution in [1.82, 2.24) is 0 Å². The second-order valence-electron chi connectivity index (χ2n) is 6.81. The smallest absolute Gasteiger partial charge is 0.172 e. The van der Waals surface area contributed by atoms with E-state index in [2.05, 4.69) is 70.3 Å². The van der Waals surface area contributed by atoms with Crippen molar-refractivity contribution in [3.05, 3.63) is 72.3 Å². The third-order valence-electron chi connectivity index (χ3n) is 3.42. The molecule has 0 saturated carbocycles. The predicted molar refractivity (Wildman–Crippen MR) is 109 cm³/mol. The minimum absolute atomic E-state index is 0.208. The van der Waals surface area contributed by atoms with Crippen molar-refractivity contribution in [2.45, 2.75) is 39.3 Å². The zero-order valence-corrected chi connectivity index (χ0v) is 21.2. The Kier molecular flexibility index (Phi) is 9.81. The van der Waals surface area contributed by atoms with Crippen molar-refractivity contribution in [2.75, 3.05) is 0 Å². The van der Waals surface area contributed by atoms with Gasteiger partial charge in [-0.3, -0.25) is 0 Å². The second kappa shape index (κ2) is 10.8. The van der Waals surface area contributed by atoms with Gasteiger partial charge in [0.05, 0.1) is 0 Å². The standard InChI is InChI=1S/C13H15.C5H5.C2H6Si.2ClH.Hf/c1-13(2,3)12-9-8-10-6-4-5-7-11(10)12;1-2-4-5-3-1;1-3-2;;;/h4-9H,1-3H3;1-5H;1-2H3;2*1H;/q2*-1;;;;+2/p-2. The van der Waals surface area contributed by atoms with Crippen LogP contribution in [0.4, 0.5) is 0 Å². The average Bonchev–Trinajstić information content (AvgIpc) is 3.20. The molecule has 0 bridgehead atoms. The number of hydrogen-bond donors (Lipinski definition) is 0. The van der Waals surface area contributed by atoms with E-state index in [4.69, 9.17) is 17.2 Å². The Bertz CT molecular complexity index is 714. The topological polar surface area (TPSA) is 0 Å². The maximum absolute atomic E-state index is 5.64. The summed E-state index contributed by atoms with van der Waals surface area (Å²) in [4.78, 5) is 0. The van der Waals surface area contributed by atoms with Crippen molar-refractivity contribution in [1.29, 1.82) is 0 Å². The first-order valence-electron chi connectivity index (χ1n) is 8.03. The molecule has 0 aliphatic rings. The molecule has 24 heavy (non-hydrogen) atoms. The van der Waals surface area contributed by atoms with Crippen LogP contribution in [0.5, 0.6) is 0 Å². The molecule has 0 heterocycles. The van der Waals surface area contributed by atoms with Crippen molar-refractivity contribution in [3.8, 4) is 0 Å². The fraction of sp³-hybridized carbons (Fsp3) is 0.300. The van der Waals surface area contributed by atoms with E-state index in [1.165, 1.54) is 16.3 Å². The van der Waals surface area contributed by atoms with Gasteiger partial charge in [-0.05, 0) is 0 Å². The van der Waals surface area contributed by atoms with Crippen molar-refractivity contribution < 1.29 is 17.7 Å². The first-order valence-corrected chi connectivity index (χ1v) is 24.8. The van der Waals surface area contributed by atoms with Gasteiger partial charge in [-0.25, -0.2) is 12.1 Å². The molecule has 0 radical (unpaired) electrons. The molecule has 0 amide bonds. The number of rotatable bonds is 0. The van der Waals surface area contributed by atoms with Gasteiger partial charge < -0.3 is 0 Å². The Hall–Kier alpha value is -0.153. The van der Waals surface area contributed by atoms with Gasteiger partial charge in [-0.15, -0.1) is 46.7 Å². The second-order valence-corrected chi connectivity index (χ2v) is 38.5. The first-order chi connectivity index (χ1) is 11.2. The van der Waals surface area contributed by atoms with Gasteiger partial charge in [0.15, 0.2) is 0 Å². The third-order valence-corrected chi connectivity index (χ3v) is 30.9. The molecule has 0 N–H and O–H groups in total. The summed E-state index contributed by atoms with van der Waals surface area (Å²) < 4.78 is 0. The zero-order valence-electron chi connectivity index (χ0n) is 15.1. The van der Waals surface area contributed by atoms with E-state index in [-0.39, 0.29) is 10.9 Å². The van der Waals surface area contributed by atoms with E-state index < -0.39 is 17.7 Å². The fourth-order valence-electron chi connectivity index (χ4n) is 2.13. The SMILES string of the molecule is CC(C)(C)c1c[cH-]c2ccccc12.C[Si](C)=[Hf]([Cl])[Cl].c1cc[cH-]c1. The summed E-state index contributed by atoms with van der Waals surface area (Å²) >= 11 is -1.78. The minimum Gasteiger partial charge on any atom is -0.214 e. The molecule has 0 spiro atoms. The van der Waals surface area contributed by atoms with Crippen LogP contribution in [0.3, 0.4) is 0 Å². The number of fused-ring (bicyclic) bond motifs is 1. The van der Waals surface area contributed by atoms with E-state index >= 15 is 0 Å². The van der Waals surface area contributed by atoms with Crippen molar-refractivity contribution >= 4 is 33.4 Å². The van der Waals surface area contributed by atoms with E-state index in [9.17, 15) is 0 Å². The zero-order chi connectivity index (χ0) is 18.2. The molecule has 130 valence electrons. The van der Waals surface area contributed by atoms with Gasteiger partial charge in [0.1, 0.15) is 0 Å². The largest absolute Gasteiger partial charge is 0.214 e. The summed E-state index contributed by atoms with van der Waals surface area (Å²) in [6.07, 6.45) is 0. The van der Waals surface area contributed by atoms with Crippen LogP contribution in [0, 0.1) is 0 Å². The van der Waals surface area contributed by atoms with Crippen LogP contribution < -0.4 is 0 Å². The van der Waals surface area contributed by atoms with Gasteiger partial charge in [-0.2, -0.15) is 18.2 Å². The summed E-state index contributed by atoms with van der Waals surface area (Å²) in [6.45, 7) is 11.1.